The number of alkyl halides is 1. The van der Waals surface area contributed by atoms with Crippen LogP contribution in [0.15, 0.2) is 28.7 Å². The fourth-order valence-electron chi connectivity index (χ4n) is 1.69. The molecule has 1 N–H and O–H groups in total. The van der Waals surface area contributed by atoms with Crippen molar-refractivity contribution in [2.75, 3.05) is 5.32 Å². The van der Waals surface area contributed by atoms with Gasteiger partial charge < -0.3 is 9.73 Å². The van der Waals surface area contributed by atoms with Gasteiger partial charge in [0.2, 0.25) is 0 Å². The molecule has 0 aliphatic carbocycles. The van der Waals surface area contributed by atoms with Crippen molar-refractivity contribution in [1.82, 2.24) is 4.98 Å². The van der Waals surface area contributed by atoms with Crippen LogP contribution in [-0.2, 0) is 0 Å². The van der Waals surface area contributed by atoms with E-state index in [1.54, 1.807) is 0 Å². The van der Waals surface area contributed by atoms with E-state index in [0.717, 1.165) is 17.5 Å². The van der Waals surface area contributed by atoms with E-state index in [0.29, 0.717) is 6.01 Å². The van der Waals surface area contributed by atoms with Crippen molar-refractivity contribution < 1.29 is 4.42 Å². The Balaban J connectivity index is 2.09. The van der Waals surface area contributed by atoms with E-state index in [1.807, 2.05) is 31.2 Å². The van der Waals surface area contributed by atoms with E-state index < -0.39 is 0 Å². The van der Waals surface area contributed by atoms with Crippen LogP contribution >= 0.6 is 11.6 Å². The molecule has 2 unspecified atom stereocenters. The Morgan fingerprint density at radius 2 is 2.12 bits per heavy atom. The Labute approximate surface area is 99.8 Å². The summed E-state index contributed by atoms with van der Waals surface area (Å²) in [6, 6.07) is 8.52. The summed E-state index contributed by atoms with van der Waals surface area (Å²) in [5, 5.41) is 3.35. The summed E-state index contributed by atoms with van der Waals surface area (Å²) in [7, 11) is 0. The Hall–Kier alpha value is -1.22. The number of aromatic nitrogens is 1. The van der Waals surface area contributed by atoms with E-state index >= 15 is 0 Å². The van der Waals surface area contributed by atoms with E-state index in [9.17, 15) is 0 Å². The van der Waals surface area contributed by atoms with Gasteiger partial charge >= 0.3 is 0 Å². The molecule has 4 heteroatoms. The quantitative estimate of drug-likeness (QED) is 0.827. The maximum Gasteiger partial charge on any atom is 0.295 e. The minimum atomic E-state index is 0.145. The van der Waals surface area contributed by atoms with Crippen LogP contribution in [0, 0.1) is 0 Å². The van der Waals surface area contributed by atoms with Gasteiger partial charge in [-0.05, 0) is 32.4 Å². The molecule has 0 radical (unpaired) electrons. The minimum absolute atomic E-state index is 0.145. The molecule has 0 aliphatic rings. The van der Waals surface area contributed by atoms with Gasteiger partial charge in [-0.1, -0.05) is 12.1 Å². The smallest absolute Gasteiger partial charge is 0.295 e. The number of hydrogen-bond donors (Lipinski definition) is 1. The molecule has 2 aromatic rings. The lowest BCUT2D eigenvalue weighted by Crippen LogP contribution is -2.18. The average molecular weight is 239 g/mol. The standard InChI is InChI=1S/C12H15ClN2O/c1-8(13)7-9(2)14-12-15-10-5-3-4-6-11(10)16-12/h3-6,8-9H,7H2,1-2H3,(H,14,15). The molecule has 86 valence electrons. The van der Waals surface area contributed by atoms with Gasteiger partial charge in [0.15, 0.2) is 5.58 Å². The normalized spacial score (nSPS) is 14.9. The molecule has 0 aliphatic heterocycles. The van der Waals surface area contributed by atoms with Gasteiger partial charge in [-0.3, -0.25) is 0 Å². The van der Waals surface area contributed by atoms with E-state index in [4.69, 9.17) is 16.0 Å². The molecule has 16 heavy (non-hydrogen) atoms. The fourth-order valence-corrected chi connectivity index (χ4v) is 1.96. The fraction of sp³-hybridized carbons (Fsp3) is 0.417. The molecule has 1 aromatic heterocycles. The zero-order valence-electron chi connectivity index (χ0n) is 9.40. The second kappa shape index (κ2) is 4.74. The highest BCUT2D eigenvalue weighted by Crippen LogP contribution is 2.19. The number of benzene rings is 1. The molecule has 0 spiro atoms. The number of rotatable bonds is 4. The average Bonchev–Trinajstić information content (AvgIpc) is 2.57. The van der Waals surface area contributed by atoms with Crippen molar-refractivity contribution in [1.29, 1.82) is 0 Å². The van der Waals surface area contributed by atoms with Crippen LogP contribution < -0.4 is 5.32 Å². The van der Waals surface area contributed by atoms with Crippen molar-refractivity contribution in [2.45, 2.75) is 31.7 Å². The van der Waals surface area contributed by atoms with Crippen molar-refractivity contribution in [3.8, 4) is 0 Å². The first kappa shape index (κ1) is 11.3. The third kappa shape index (κ3) is 2.67. The predicted molar refractivity (Wildman–Crippen MR) is 67.0 cm³/mol. The summed E-state index contributed by atoms with van der Waals surface area (Å²) in [4.78, 5) is 4.34. The lowest BCUT2D eigenvalue weighted by Gasteiger charge is -2.12. The number of anilines is 1. The van der Waals surface area contributed by atoms with Crippen LogP contribution in [0.5, 0.6) is 0 Å². The number of hydrogen-bond acceptors (Lipinski definition) is 3. The lowest BCUT2D eigenvalue weighted by atomic mass is 10.2. The number of para-hydroxylation sites is 2. The molecule has 3 nitrogen and oxygen atoms in total. The van der Waals surface area contributed by atoms with E-state index in [1.165, 1.54) is 0 Å². The summed E-state index contributed by atoms with van der Waals surface area (Å²) < 4.78 is 5.55. The molecule has 0 bridgehead atoms. The summed E-state index contributed by atoms with van der Waals surface area (Å²) in [5.41, 5.74) is 1.67. The minimum Gasteiger partial charge on any atom is -0.424 e. The van der Waals surface area contributed by atoms with Crippen LogP contribution in [0.1, 0.15) is 20.3 Å². The first-order chi connectivity index (χ1) is 7.65. The van der Waals surface area contributed by atoms with Crippen molar-refractivity contribution in [3.63, 3.8) is 0 Å². The van der Waals surface area contributed by atoms with Crippen LogP contribution in [0.2, 0.25) is 0 Å². The summed E-state index contributed by atoms with van der Waals surface area (Å²) in [6.07, 6.45) is 0.875. The third-order valence-electron chi connectivity index (χ3n) is 2.34. The second-order valence-electron chi connectivity index (χ2n) is 4.05. The van der Waals surface area contributed by atoms with Gasteiger partial charge in [0, 0.05) is 11.4 Å². The molecule has 1 heterocycles. The molecular formula is C12H15ClN2O. The zero-order valence-corrected chi connectivity index (χ0v) is 10.2. The topological polar surface area (TPSA) is 38.1 Å². The molecule has 0 saturated heterocycles. The Morgan fingerprint density at radius 3 is 2.81 bits per heavy atom. The Kier molecular flexibility index (Phi) is 3.34. The number of halogens is 1. The van der Waals surface area contributed by atoms with Crippen LogP contribution in [-0.4, -0.2) is 16.4 Å². The highest BCUT2D eigenvalue weighted by Gasteiger charge is 2.10. The van der Waals surface area contributed by atoms with Crippen LogP contribution in [0.3, 0.4) is 0 Å². The number of oxazole rings is 1. The van der Waals surface area contributed by atoms with Crippen LogP contribution in [0.25, 0.3) is 11.1 Å². The first-order valence-electron chi connectivity index (χ1n) is 5.41. The highest BCUT2D eigenvalue weighted by molar-refractivity contribution is 6.20. The Bertz CT molecular complexity index is 434. The summed E-state index contributed by atoms with van der Waals surface area (Å²) in [5.74, 6) is 0. The Morgan fingerprint density at radius 1 is 1.38 bits per heavy atom. The third-order valence-corrected chi connectivity index (χ3v) is 2.52. The number of nitrogens with one attached hydrogen (secondary N) is 1. The van der Waals surface area contributed by atoms with E-state index in [2.05, 4.69) is 17.2 Å². The molecular weight excluding hydrogens is 224 g/mol. The largest absolute Gasteiger partial charge is 0.424 e. The molecule has 0 amide bonds. The second-order valence-corrected chi connectivity index (χ2v) is 4.79. The van der Waals surface area contributed by atoms with Crippen molar-refractivity contribution >= 4 is 28.7 Å². The summed E-state index contributed by atoms with van der Waals surface area (Å²) in [6.45, 7) is 4.04. The maximum absolute atomic E-state index is 5.93. The van der Waals surface area contributed by atoms with Gasteiger partial charge in [0.1, 0.15) is 5.52 Å². The zero-order chi connectivity index (χ0) is 11.5. The number of fused-ring (bicyclic) bond motifs is 1. The van der Waals surface area contributed by atoms with Crippen LogP contribution in [0.4, 0.5) is 6.01 Å². The molecule has 0 saturated carbocycles. The molecule has 2 rings (SSSR count). The highest BCUT2D eigenvalue weighted by atomic mass is 35.5. The molecule has 1 aromatic carbocycles. The lowest BCUT2D eigenvalue weighted by molar-refractivity contribution is 0.588. The summed E-state index contributed by atoms with van der Waals surface area (Å²) >= 11 is 5.93. The maximum atomic E-state index is 5.93. The monoisotopic (exact) mass is 238 g/mol. The predicted octanol–water partition coefficient (Wildman–Crippen LogP) is 3.65. The van der Waals surface area contributed by atoms with Gasteiger partial charge in [-0.2, -0.15) is 4.98 Å². The number of nitrogens with zero attached hydrogens (tertiary/aromatic N) is 1. The van der Waals surface area contributed by atoms with Gasteiger partial charge in [0.05, 0.1) is 0 Å². The first-order valence-corrected chi connectivity index (χ1v) is 5.85. The van der Waals surface area contributed by atoms with Crippen molar-refractivity contribution in [2.24, 2.45) is 0 Å². The van der Waals surface area contributed by atoms with Gasteiger partial charge in [-0.25, -0.2) is 0 Å². The van der Waals surface area contributed by atoms with Gasteiger partial charge in [-0.15, -0.1) is 11.6 Å². The van der Waals surface area contributed by atoms with E-state index in [-0.39, 0.29) is 11.4 Å². The SMILES string of the molecule is CC(Cl)CC(C)Nc1nc2ccccc2o1. The van der Waals surface area contributed by atoms with Gasteiger partial charge in [0.25, 0.3) is 6.01 Å². The van der Waals surface area contributed by atoms with Crippen molar-refractivity contribution in [3.05, 3.63) is 24.3 Å². The molecule has 2 atom stereocenters. The molecule has 0 fully saturated rings.